The number of hydrogen-bond donors (Lipinski definition) is 1. The first-order chi connectivity index (χ1) is 13.9. The van der Waals surface area contributed by atoms with Gasteiger partial charge in [-0.2, -0.15) is 5.10 Å². The molecule has 0 unspecified atom stereocenters. The van der Waals surface area contributed by atoms with Gasteiger partial charge in [0.25, 0.3) is 5.91 Å². The number of carbonyl (C=O) groups is 1. The number of primary amides is 1. The van der Waals surface area contributed by atoms with Crippen molar-refractivity contribution in [3.8, 4) is 5.69 Å². The predicted octanol–water partition coefficient (Wildman–Crippen LogP) is 4.49. The van der Waals surface area contributed by atoms with E-state index in [9.17, 15) is 4.79 Å². The van der Waals surface area contributed by atoms with E-state index in [1.54, 1.807) is 6.07 Å². The maximum absolute atomic E-state index is 11.7. The van der Waals surface area contributed by atoms with Crippen molar-refractivity contribution in [1.82, 2.24) is 14.7 Å². The topological polar surface area (TPSA) is 64.2 Å². The van der Waals surface area contributed by atoms with Gasteiger partial charge in [-0.15, -0.1) is 0 Å². The van der Waals surface area contributed by atoms with Gasteiger partial charge < -0.3 is 5.73 Å². The highest BCUT2D eigenvalue weighted by atomic mass is 16.1. The molecule has 0 aliphatic carbocycles. The molecule has 1 saturated heterocycles. The van der Waals surface area contributed by atoms with Gasteiger partial charge in [-0.25, -0.2) is 4.68 Å². The van der Waals surface area contributed by atoms with Crippen LogP contribution in [0.15, 0.2) is 48.7 Å². The Morgan fingerprint density at radius 2 is 1.97 bits per heavy atom. The highest BCUT2D eigenvalue weighted by Crippen LogP contribution is 2.32. The number of nitrogens with zero attached hydrogens (tertiary/aromatic N) is 3. The van der Waals surface area contributed by atoms with Gasteiger partial charge in [-0.05, 0) is 69.3 Å². The molecule has 0 saturated carbocycles. The van der Waals surface area contributed by atoms with Gasteiger partial charge in [0.2, 0.25) is 0 Å². The van der Waals surface area contributed by atoms with E-state index < -0.39 is 5.91 Å². The summed E-state index contributed by atoms with van der Waals surface area (Å²) in [7, 11) is 0. The Morgan fingerprint density at radius 3 is 2.66 bits per heavy atom. The number of aromatic nitrogens is 2. The summed E-state index contributed by atoms with van der Waals surface area (Å²) in [6.45, 7) is 9.28. The van der Waals surface area contributed by atoms with Crippen molar-refractivity contribution in [3.05, 3.63) is 59.8 Å². The monoisotopic (exact) mass is 390 g/mol. The van der Waals surface area contributed by atoms with Gasteiger partial charge in [0, 0.05) is 23.7 Å². The third-order valence-corrected chi connectivity index (χ3v) is 6.57. The van der Waals surface area contributed by atoms with E-state index in [1.165, 1.54) is 31.4 Å². The fourth-order valence-electron chi connectivity index (χ4n) is 4.30. The maximum Gasteiger partial charge on any atom is 0.250 e. The third kappa shape index (κ3) is 3.79. The normalized spacial score (nSPS) is 18.2. The molecule has 5 nitrogen and oxygen atoms in total. The van der Waals surface area contributed by atoms with Crippen molar-refractivity contribution < 1.29 is 4.79 Å². The number of rotatable bonds is 5. The van der Waals surface area contributed by atoms with Crippen LogP contribution in [0, 0.1) is 0 Å². The van der Waals surface area contributed by atoms with Crippen molar-refractivity contribution >= 4 is 16.8 Å². The number of hydrogen-bond acceptors (Lipinski definition) is 3. The fourth-order valence-corrected chi connectivity index (χ4v) is 4.30. The van der Waals surface area contributed by atoms with E-state index in [2.05, 4.69) is 55.0 Å². The number of nitrogens with two attached hydrogens (primary N) is 1. The largest absolute Gasteiger partial charge is 0.366 e. The van der Waals surface area contributed by atoms with Crippen molar-refractivity contribution in [1.29, 1.82) is 0 Å². The molecule has 2 heterocycles. The summed E-state index contributed by atoms with van der Waals surface area (Å²) < 4.78 is 1.83. The van der Waals surface area contributed by atoms with Gasteiger partial charge in [0.1, 0.15) is 5.52 Å². The lowest BCUT2D eigenvalue weighted by molar-refractivity contribution is 0.0815. The molecule has 29 heavy (non-hydrogen) atoms. The molecule has 1 fully saturated rings. The molecule has 1 aliphatic heterocycles. The molecule has 0 bridgehead atoms. The molecule has 5 heteroatoms. The molecular formula is C24H30N4O. The minimum absolute atomic E-state index is 0.256. The molecule has 3 aromatic rings. The molecule has 2 N–H and O–H groups in total. The summed E-state index contributed by atoms with van der Waals surface area (Å²) >= 11 is 0. The van der Waals surface area contributed by atoms with Crippen molar-refractivity contribution in [2.45, 2.75) is 51.5 Å². The van der Waals surface area contributed by atoms with Crippen molar-refractivity contribution in [3.63, 3.8) is 0 Å². The van der Waals surface area contributed by atoms with Crippen LogP contribution < -0.4 is 5.73 Å². The van der Waals surface area contributed by atoms with E-state index in [-0.39, 0.29) is 5.54 Å². The van der Waals surface area contributed by atoms with Crippen LogP contribution in [-0.4, -0.2) is 39.2 Å². The first-order valence-electron chi connectivity index (χ1n) is 10.5. The summed E-state index contributed by atoms with van der Waals surface area (Å²) in [6, 6.07) is 14.2. The maximum atomic E-state index is 11.7. The summed E-state index contributed by atoms with van der Waals surface area (Å²) in [6.07, 6.45) is 5.60. The quantitative estimate of drug-likeness (QED) is 0.698. The highest BCUT2D eigenvalue weighted by molar-refractivity contribution is 6.04. The summed E-state index contributed by atoms with van der Waals surface area (Å²) in [5.74, 6) is 0.120. The Bertz CT molecular complexity index is 1020. The van der Waals surface area contributed by atoms with Crippen LogP contribution in [0.4, 0.5) is 0 Å². The molecular weight excluding hydrogens is 360 g/mol. The Hall–Kier alpha value is -2.66. The molecule has 0 radical (unpaired) electrons. The number of fused-ring (bicyclic) bond motifs is 1. The van der Waals surface area contributed by atoms with Gasteiger partial charge in [0.15, 0.2) is 0 Å². The zero-order chi connectivity index (χ0) is 20.6. The minimum atomic E-state index is -0.451. The Kier molecular flexibility index (Phi) is 5.17. The molecule has 2 aromatic carbocycles. The first-order valence-corrected chi connectivity index (χ1v) is 10.5. The molecule has 1 aliphatic rings. The van der Waals surface area contributed by atoms with Gasteiger partial charge in [-0.1, -0.05) is 31.2 Å². The van der Waals surface area contributed by atoms with E-state index in [4.69, 9.17) is 5.73 Å². The second kappa shape index (κ2) is 7.64. The highest BCUT2D eigenvalue weighted by Gasteiger charge is 2.30. The summed E-state index contributed by atoms with van der Waals surface area (Å²) in [4.78, 5) is 14.3. The average Bonchev–Trinajstić information content (AvgIpc) is 3.18. The minimum Gasteiger partial charge on any atom is -0.366 e. The molecule has 1 atom stereocenters. The zero-order valence-corrected chi connectivity index (χ0v) is 17.6. The van der Waals surface area contributed by atoms with Crippen LogP contribution in [0.25, 0.3) is 16.6 Å². The first kappa shape index (κ1) is 19.6. The summed E-state index contributed by atoms with van der Waals surface area (Å²) in [5, 5.41) is 5.52. The smallest absolute Gasteiger partial charge is 0.250 e. The van der Waals surface area contributed by atoms with Crippen LogP contribution in [0.1, 0.15) is 61.9 Å². The van der Waals surface area contributed by atoms with Gasteiger partial charge in [0.05, 0.1) is 11.3 Å². The SMILES string of the molecule is CCC(C)(C)N1CCC[C@@H](c2ccc(-n3cc4cccc(C(N)=O)c4n3)cc2)C1. The predicted molar refractivity (Wildman–Crippen MR) is 118 cm³/mol. The zero-order valence-electron chi connectivity index (χ0n) is 17.6. The standard InChI is InChI=1S/C24H30N4O/c1-4-24(2,3)27-14-6-8-18(15-27)17-10-12-20(13-11-17)28-16-19-7-5-9-21(23(25)29)22(19)26-28/h5,7,9-13,16,18H,4,6,8,14-15H2,1-3H3,(H2,25,29)/t18-/m1/s1. The van der Waals surface area contributed by atoms with Crippen LogP contribution in [-0.2, 0) is 0 Å². The van der Waals surface area contributed by atoms with Crippen LogP contribution in [0.2, 0.25) is 0 Å². The lowest BCUT2D eigenvalue weighted by atomic mass is 9.87. The Labute approximate surface area is 172 Å². The molecule has 0 spiro atoms. The van der Waals surface area contributed by atoms with E-state index in [0.29, 0.717) is 17.0 Å². The second-order valence-electron chi connectivity index (χ2n) is 8.72. The van der Waals surface area contributed by atoms with Crippen LogP contribution in [0.3, 0.4) is 0 Å². The third-order valence-electron chi connectivity index (χ3n) is 6.57. The number of amides is 1. The lowest BCUT2D eigenvalue weighted by Crippen LogP contribution is -2.48. The van der Waals surface area contributed by atoms with Crippen molar-refractivity contribution in [2.24, 2.45) is 5.73 Å². The van der Waals surface area contributed by atoms with Crippen LogP contribution in [0.5, 0.6) is 0 Å². The van der Waals surface area contributed by atoms with Crippen molar-refractivity contribution in [2.75, 3.05) is 13.1 Å². The van der Waals surface area contributed by atoms with Gasteiger partial charge in [-0.3, -0.25) is 9.69 Å². The van der Waals surface area contributed by atoms with E-state index in [0.717, 1.165) is 17.6 Å². The van der Waals surface area contributed by atoms with Gasteiger partial charge >= 0.3 is 0 Å². The lowest BCUT2D eigenvalue weighted by Gasteiger charge is -2.43. The Balaban J connectivity index is 1.58. The number of likely N-dealkylation sites (tertiary alicyclic amines) is 1. The van der Waals surface area contributed by atoms with E-state index >= 15 is 0 Å². The molecule has 1 aromatic heterocycles. The number of benzene rings is 2. The number of piperidine rings is 1. The summed E-state index contributed by atoms with van der Waals surface area (Å²) in [5.41, 5.74) is 9.23. The number of carbonyl (C=O) groups excluding carboxylic acids is 1. The van der Waals surface area contributed by atoms with Crippen LogP contribution >= 0.6 is 0 Å². The Morgan fingerprint density at radius 1 is 1.21 bits per heavy atom. The fraction of sp³-hybridized carbons (Fsp3) is 0.417. The molecule has 4 rings (SSSR count). The second-order valence-corrected chi connectivity index (χ2v) is 8.72. The molecule has 152 valence electrons. The van der Waals surface area contributed by atoms with E-state index in [1.807, 2.05) is 23.0 Å². The molecule has 1 amide bonds. The average molecular weight is 391 g/mol.